The molecule has 3 aromatic carbocycles. The first-order chi connectivity index (χ1) is 16.5. The molecule has 1 fully saturated rings. The fraction of sp³-hybridized carbons (Fsp3) is 0.222. The molecule has 0 unspecified atom stereocenters. The molecule has 0 aromatic heterocycles. The molecule has 1 heterocycles. The molecule has 2 atom stereocenters. The monoisotopic (exact) mass is 472 g/mol. The SMILES string of the molecule is COc1cc(OC)c(/C=N\N2C(=O)[C@@H]3C4c5ccccc5C(c5ccccc54)[C@H]3C2=O)cc1Cl. The lowest BCUT2D eigenvalue weighted by Crippen LogP contribution is -2.41. The van der Waals surface area contributed by atoms with Crippen molar-refractivity contribution in [3.8, 4) is 11.5 Å². The summed E-state index contributed by atoms with van der Waals surface area (Å²) in [5.74, 6) is -0.884. The zero-order valence-corrected chi connectivity index (χ0v) is 19.3. The molecule has 6 nitrogen and oxygen atoms in total. The number of halogens is 1. The summed E-state index contributed by atoms with van der Waals surface area (Å²) in [5, 5.41) is 5.75. The van der Waals surface area contributed by atoms with Crippen molar-refractivity contribution in [2.45, 2.75) is 11.8 Å². The largest absolute Gasteiger partial charge is 0.496 e. The molecule has 1 saturated heterocycles. The van der Waals surface area contributed by atoms with E-state index in [2.05, 4.69) is 29.4 Å². The number of hydrogen-bond acceptors (Lipinski definition) is 5. The third-order valence-electron chi connectivity index (χ3n) is 7.24. The van der Waals surface area contributed by atoms with E-state index < -0.39 is 11.8 Å². The van der Waals surface area contributed by atoms with Crippen molar-refractivity contribution < 1.29 is 19.1 Å². The Morgan fingerprint density at radius 3 is 1.71 bits per heavy atom. The summed E-state index contributed by atoms with van der Waals surface area (Å²) in [7, 11) is 3.04. The minimum atomic E-state index is -0.471. The predicted octanol–water partition coefficient (Wildman–Crippen LogP) is 4.58. The Morgan fingerprint density at radius 2 is 1.26 bits per heavy atom. The lowest BCUT2D eigenvalue weighted by molar-refractivity contribution is -0.139. The molecule has 0 radical (unpaired) electrons. The molecule has 34 heavy (non-hydrogen) atoms. The van der Waals surface area contributed by atoms with Crippen molar-refractivity contribution in [3.05, 3.63) is 93.5 Å². The summed E-state index contributed by atoms with van der Waals surface area (Å²) in [4.78, 5) is 27.2. The quantitative estimate of drug-likeness (QED) is 0.411. The van der Waals surface area contributed by atoms with E-state index in [1.54, 1.807) is 12.1 Å². The van der Waals surface area contributed by atoms with Crippen LogP contribution >= 0.6 is 11.6 Å². The van der Waals surface area contributed by atoms with E-state index >= 15 is 0 Å². The predicted molar refractivity (Wildman–Crippen MR) is 128 cm³/mol. The van der Waals surface area contributed by atoms with Crippen LogP contribution in [0.25, 0.3) is 0 Å². The van der Waals surface area contributed by atoms with E-state index in [0.29, 0.717) is 22.1 Å². The molecule has 7 heteroatoms. The highest BCUT2D eigenvalue weighted by Crippen LogP contribution is 2.60. The van der Waals surface area contributed by atoms with E-state index in [4.69, 9.17) is 21.1 Å². The van der Waals surface area contributed by atoms with Gasteiger partial charge in [-0.2, -0.15) is 10.1 Å². The summed E-state index contributed by atoms with van der Waals surface area (Å²) >= 11 is 6.27. The van der Waals surface area contributed by atoms with Crippen LogP contribution in [0.15, 0.2) is 65.8 Å². The average Bonchev–Trinajstić information content (AvgIpc) is 3.12. The lowest BCUT2D eigenvalue weighted by Gasteiger charge is -2.45. The number of ether oxygens (including phenoxy) is 2. The van der Waals surface area contributed by atoms with Gasteiger partial charge in [-0.1, -0.05) is 60.1 Å². The number of hydrazone groups is 1. The molecule has 3 aromatic rings. The molecule has 1 aliphatic heterocycles. The third kappa shape index (κ3) is 2.78. The molecule has 2 bridgehead atoms. The van der Waals surface area contributed by atoms with Gasteiger partial charge < -0.3 is 9.47 Å². The van der Waals surface area contributed by atoms with Crippen molar-refractivity contribution >= 4 is 29.6 Å². The highest BCUT2D eigenvalue weighted by atomic mass is 35.5. The minimum absolute atomic E-state index is 0.163. The number of amides is 2. The Morgan fingerprint density at radius 1 is 0.794 bits per heavy atom. The number of carbonyl (C=O) groups excluding carboxylic acids is 2. The first-order valence-electron chi connectivity index (χ1n) is 11.1. The van der Waals surface area contributed by atoms with Gasteiger partial charge in [0.15, 0.2) is 0 Å². The first kappa shape index (κ1) is 20.9. The van der Waals surface area contributed by atoms with E-state index in [9.17, 15) is 9.59 Å². The number of nitrogens with zero attached hydrogens (tertiary/aromatic N) is 2. The van der Waals surface area contributed by atoms with E-state index in [-0.39, 0.29) is 23.7 Å². The fourth-order valence-corrected chi connectivity index (χ4v) is 6.13. The zero-order chi connectivity index (χ0) is 23.6. The number of methoxy groups -OCH3 is 2. The van der Waals surface area contributed by atoms with E-state index in [1.807, 2.05) is 24.3 Å². The van der Waals surface area contributed by atoms with Crippen LogP contribution in [0.2, 0.25) is 5.02 Å². The Labute approximate surface area is 201 Å². The van der Waals surface area contributed by atoms with Crippen LogP contribution < -0.4 is 9.47 Å². The number of carbonyl (C=O) groups is 2. The average molecular weight is 473 g/mol. The normalized spacial score (nSPS) is 24.3. The van der Waals surface area contributed by atoms with Crippen LogP contribution in [-0.2, 0) is 9.59 Å². The summed E-state index contributed by atoms with van der Waals surface area (Å²) in [5.41, 5.74) is 5.05. The van der Waals surface area contributed by atoms with Crippen molar-refractivity contribution in [3.63, 3.8) is 0 Å². The lowest BCUT2D eigenvalue weighted by atomic mass is 9.55. The van der Waals surface area contributed by atoms with Gasteiger partial charge in [-0.15, -0.1) is 0 Å². The molecule has 170 valence electrons. The number of benzene rings is 3. The van der Waals surface area contributed by atoms with Crippen LogP contribution in [0.1, 0.15) is 39.7 Å². The maximum Gasteiger partial charge on any atom is 0.254 e. The summed E-state index contributed by atoms with van der Waals surface area (Å²) in [6, 6.07) is 19.6. The number of rotatable bonds is 4. The Balaban J connectivity index is 1.42. The fourth-order valence-electron chi connectivity index (χ4n) is 5.88. The highest BCUT2D eigenvalue weighted by molar-refractivity contribution is 6.32. The van der Waals surface area contributed by atoms with Crippen LogP contribution in [0.5, 0.6) is 11.5 Å². The van der Waals surface area contributed by atoms with Crippen LogP contribution in [0, 0.1) is 11.8 Å². The Hall–Kier alpha value is -3.64. The maximum atomic E-state index is 13.6. The second kappa shape index (κ2) is 7.71. The Kier molecular flexibility index (Phi) is 4.74. The van der Waals surface area contributed by atoms with Gasteiger partial charge in [0.1, 0.15) is 11.5 Å². The topological polar surface area (TPSA) is 68.2 Å². The van der Waals surface area contributed by atoms with Crippen molar-refractivity contribution in [2.75, 3.05) is 14.2 Å². The molecule has 7 rings (SSSR count). The van der Waals surface area contributed by atoms with Crippen molar-refractivity contribution in [2.24, 2.45) is 16.9 Å². The van der Waals surface area contributed by atoms with Crippen LogP contribution in [0.4, 0.5) is 0 Å². The second-order valence-electron chi connectivity index (χ2n) is 8.73. The molecule has 2 amide bonds. The Bertz CT molecular complexity index is 1270. The molecular weight excluding hydrogens is 452 g/mol. The van der Waals surface area contributed by atoms with Crippen molar-refractivity contribution in [1.82, 2.24) is 5.01 Å². The molecule has 0 saturated carbocycles. The van der Waals surface area contributed by atoms with Gasteiger partial charge in [-0.05, 0) is 28.3 Å². The van der Waals surface area contributed by atoms with Gasteiger partial charge in [-0.3, -0.25) is 9.59 Å². The van der Waals surface area contributed by atoms with Gasteiger partial charge in [0.2, 0.25) is 0 Å². The van der Waals surface area contributed by atoms with E-state index in [1.165, 1.54) is 20.4 Å². The van der Waals surface area contributed by atoms with Gasteiger partial charge in [0.25, 0.3) is 11.8 Å². The van der Waals surface area contributed by atoms with Gasteiger partial charge >= 0.3 is 0 Å². The summed E-state index contributed by atoms with van der Waals surface area (Å²) < 4.78 is 10.7. The van der Waals surface area contributed by atoms with Crippen molar-refractivity contribution in [1.29, 1.82) is 0 Å². The van der Waals surface area contributed by atoms with Gasteiger partial charge in [0.05, 0.1) is 37.3 Å². The zero-order valence-electron chi connectivity index (χ0n) is 18.6. The standard InChI is InChI=1S/C27H21ClN2O4/c1-33-20-12-21(34-2)19(28)11-14(20)13-29-30-26(31)24-22-15-7-3-4-8-16(15)23(25(24)27(30)32)18-10-6-5-9-17(18)22/h3-13,22-25H,1-2H3/b29-13-/t22?,23?,24-,25-/m1/s1. The number of hydrogen-bond donors (Lipinski definition) is 0. The smallest absolute Gasteiger partial charge is 0.254 e. The summed E-state index contributed by atoms with van der Waals surface area (Å²) in [6.07, 6.45) is 1.44. The molecular formula is C27H21ClN2O4. The maximum absolute atomic E-state index is 13.6. The highest BCUT2D eigenvalue weighted by Gasteiger charge is 2.61. The third-order valence-corrected chi connectivity index (χ3v) is 7.54. The molecule has 0 N–H and O–H groups in total. The summed E-state index contributed by atoms with van der Waals surface area (Å²) in [6.45, 7) is 0. The first-order valence-corrected chi connectivity index (χ1v) is 11.4. The molecule has 0 spiro atoms. The van der Waals surface area contributed by atoms with Crippen LogP contribution in [0.3, 0.4) is 0 Å². The van der Waals surface area contributed by atoms with Crippen LogP contribution in [-0.4, -0.2) is 37.3 Å². The van der Waals surface area contributed by atoms with E-state index in [0.717, 1.165) is 27.3 Å². The second-order valence-corrected chi connectivity index (χ2v) is 9.13. The van der Waals surface area contributed by atoms with Gasteiger partial charge in [0, 0.05) is 23.5 Å². The van der Waals surface area contributed by atoms with Gasteiger partial charge in [-0.25, -0.2) is 0 Å². The molecule has 4 aliphatic rings. The molecule has 3 aliphatic carbocycles. The minimum Gasteiger partial charge on any atom is -0.496 e. The number of imide groups is 1.